The van der Waals surface area contributed by atoms with Gasteiger partial charge in [0.1, 0.15) is 11.8 Å². The SMILES string of the molecule is CC(C)NC(=O)[C@@H](C)NC(=O)COc1ccccc1. The monoisotopic (exact) mass is 264 g/mol. The second-order valence-corrected chi connectivity index (χ2v) is 4.55. The third-order valence-corrected chi connectivity index (χ3v) is 2.31. The molecule has 0 radical (unpaired) electrons. The molecule has 0 fully saturated rings. The number of carbonyl (C=O) groups is 2. The summed E-state index contributed by atoms with van der Waals surface area (Å²) in [5.41, 5.74) is 0. The number of benzene rings is 1. The first-order chi connectivity index (χ1) is 8.99. The van der Waals surface area contributed by atoms with Gasteiger partial charge in [-0.15, -0.1) is 0 Å². The van der Waals surface area contributed by atoms with Gasteiger partial charge in [-0.2, -0.15) is 0 Å². The molecule has 0 aliphatic heterocycles. The average Bonchev–Trinajstić information content (AvgIpc) is 2.36. The van der Waals surface area contributed by atoms with Crippen molar-refractivity contribution in [2.75, 3.05) is 6.61 Å². The van der Waals surface area contributed by atoms with Crippen LogP contribution in [0, 0.1) is 0 Å². The van der Waals surface area contributed by atoms with Crippen molar-refractivity contribution in [2.24, 2.45) is 0 Å². The van der Waals surface area contributed by atoms with Gasteiger partial charge in [0.25, 0.3) is 5.91 Å². The highest BCUT2D eigenvalue weighted by Crippen LogP contribution is 2.07. The first-order valence-electron chi connectivity index (χ1n) is 6.26. The Morgan fingerprint density at radius 1 is 1.11 bits per heavy atom. The van der Waals surface area contributed by atoms with Crippen LogP contribution < -0.4 is 15.4 Å². The fourth-order valence-electron chi connectivity index (χ4n) is 1.42. The molecule has 0 aromatic heterocycles. The molecule has 0 aliphatic carbocycles. The predicted octanol–water partition coefficient (Wildman–Crippen LogP) is 1.09. The summed E-state index contributed by atoms with van der Waals surface area (Å²) in [6.45, 7) is 5.26. The lowest BCUT2D eigenvalue weighted by atomic mass is 10.3. The Morgan fingerprint density at radius 2 is 1.74 bits per heavy atom. The zero-order chi connectivity index (χ0) is 14.3. The maximum atomic E-state index is 11.6. The van der Waals surface area contributed by atoms with E-state index >= 15 is 0 Å². The van der Waals surface area contributed by atoms with Gasteiger partial charge in [-0.3, -0.25) is 9.59 Å². The quantitative estimate of drug-likeness (QED) is 0.808. The van der Waals surface area contributed by atoms with Crippen molar-refractivity contribution in [3.05, 3.63) is 30.3 Å². The van der Waals surface area contributed by atoms with Crippen molar-refractivity contribution in [1.82, 2.24) is 10.6 Å². The van der Waals surface area contributed by atoms with Crippen LogP contribution in [0.4, 0.5) is 0 Å². The van der Waals surface area contributed by atoms with Gasteiger partial charge in [-0.25, -0.2) is 0 Å². The van der Waals surface area contributed by atoms with Gasteiger partial charge in [0, 0.05) is 6.04 Å². The van der Waals surface area contributed by atoms with Crippen LogP contribution in [0.5, 0.6) is 5.75 Å². The molecule has 104 valence electrons. The molecule has 1 rings (SSSR count). The predicted molar refractivity (Wildman–Crippen MR) is 72.8 cm³/mol. The Morgan fingerprint density at radius 3 is 2.32 bits per heavy atom. The van der Waals surface area contributed by atoms with Gasteiger partial charge in [0.05, 0.1) is 0 Å². The van der Waals surface area contributed by atoms with Crippen LogP contribution in [0.3, 0.4) is 0 Å². The van der Waals surface area contributed by atoms with Crippen LogP contribution in [-0.2, 0) is 9.59 Å². The number of hydrogen-bond acceptors (Lipinski definition) is 3. The fourth-order valence-corrected chi connectivity index (χ4v) is 1.42. The molecule has 1 atom stereocenters. The van der Waals surface area contributed by atoms with Crippen molar-refractivity contribution >= 4 is 11.8 Å². The summed E-state index contributed by atoms with van der Waals surface area (Å²) in [4.78, 5) is 23.2. The van der Waals surface area contributed by atoms with E-state index in [9.17, 15) is 9.59 Å². The van der Waals surface area contributed by atoms with E-state index in [-0.39, 0.29) is 24.5 Å². The fraction of sp³-hybridized carbons (Fsp3) is 0.429. The normalized spacial score (nSPS) is 11.8. The van der Waals surface area contributed by atoms with E-state index in [1.165, 1.54) is 0 Å². The molecule has 5 heteroatoms. The lowest BCUT2D eigenvalue weighted by Gasteiger charge is -2.16. The first kappa shape index (κ1) is 15.0. The highest BCUT2D eigenvalue weighted by molar-refractivity contribution is 5.87. The van der Waals surface area contributed by atoms with Crippen molar-refractivity contribution < 1.29 is 14.3 Å². The number of nitrogens with one attached hydrogen (secondary N) is 2. The minimum atomic E-state index is -0.575. The van der Waals surface area contributed by atoms with Gasteiger partial charge < -0.3 is 15.4 Å². The molecule has 0 saturated carbocycles. The van der Waals surface area contributed by atoms with E-state index in [4.69, 9.17) is 4.74 Å². The molecule has 2 amide bonds. The van der Waals surface area contributed by atoms with Crippen LogP contribution in [-0.4, -0.2) is 30.5 Å². The molecule has 0 saturated heterocycles. The standard InChI is InChI=1S/C14H20N2O3/c1-10(2)15-14(18)11(3)16-13(17)9-19-12-7-5-4-6-8-12/h4-8,10-11H,9H2,1-3H3,(H,15,18)(H,16,17)/t11-/m1/s1. The molecule has 5 nitrogen and oxygen atoms in total. The molecule has 0 aliphatic rings. The van der Waals surface area contributed by atoms with Crippen molar-refractivity contribution in [3.63, 3.8) is 0 Å². The highest BCUT2D eigenvalue weighted by atomic mass is 16.5. The second-order valence-electron chi connectivity index (χ2n) is 4.55. The molecule has 0 spiro atoms. The summed E-state index contributed by atoms with van der Waals surface area (Å²) in [5, 5.41) is 5.31. The van der Waals surface area contributed by atoms with Gasteiger partial charge in [0.2, 0.25) is 5.91 Å². The Hall–Kier alpha value is -2.04. The lowest BCUT2D eigenvalue weighted by molar-refractivity contribution is -0.129. The molecule has 0 unspecified atom stereocenters. The molecule has 2 N–H and O–H groups in total. The van der Waals surface area contributed by atoms with Crippen molar-refractivity contribution in [2.45, 2.75) is 32.9 Å². The topological polar surface area (TPSA) is 67.4 Å². The highest BCUT2D eigenvalue weighted by Gasteiger charge is 2.16. The molecule has 1 aromatic rings. The summed E-state index contributed by atoms with van der Waals surface area (Å²) < 4.78 is 5.29. The number of rotatable bonds is 6. The van der Waals surface area contributed by atoms with Crippen LogP contribution in [0.2, 0.25) is 0 Å². The first-order valence-corrected chi connectivity index (χ1v) is 6.26. The summed E-state index contributed by atoms with van der Waals surface area (Å²) in [7, 11) is 0. The molecule has 0 heterocycles. The zero-order valence-corrected chi connectivity index (χ0v) is 11.5. The van der Waals surface area contributed by atoms with Crippen LogP contribution in [0.15, 0.2) is 30.3 Å². The number of ether oxygens (including phenoxy) is 1. The molecule has 19 heavy (non-hydrogen) atoms. The summed E-state index contributed by atoms with van der Waals surface area (Å²) in [6.07, 6.45) is 0. The van der Waals surface area contributed by atoms with Crippen LogP contribution >= 0.6 is 0 Å². The summed E-state index contributed by atoms with van der Waals surface area (Å²) in [5.74, 6) is 0.0928. The third kappa shape index (κ3) is 5.90. The van der Waals surface area contributed by atoms with E-state index in [2.05, 4.69) is 10.6 Å². The van der Waals surface area contributed by atoms with E-state index in [1.807, 2.05) is 32.0 Å². The minimum absolute atomic E-state index is 0.0485. The number of para-hydroxylation sites is 1. The van der Waals surface area contributed by atoms with Crippen molar-refractivity contribution in [3.8, 4) is 5.75 Å². The van der Waals surface area contributed by atoms with Gasteiger partial charge in [-0.05, 0) is 32.9 Å². The number of amides is 2. The molecular weight excluding hydrogens is 244 g/mol. The Bertz CT molecular complexity index is 418. The van der Waals surface area contributed by atoms with Crippen molar-refractivity contribution in [1.29, 1.82) is 0 Å². The van der Waals surface area contributed by atoms with Gasteiger partial charge >= 0.3 is 0 Å². The van der Waals surface area contributed by atoms with E-state index in [0.717, 1.165) is 0 Å². The molecule has 1 aromatic carbocycles. The smallest absolute Gasteiger partial charge is 0.258 e. The lowest BCUT2D eigenvalue weighted by Crippen LogP contribution is -2.47. The summed E-state index contributed by atoms with van der Waals surface area (Å²) >= 11 is 0. The third-order valence-electron chi connectivity index (χ3n) is 2.31. The maximum absolute atomic E-state index is 11.6. The van der Waals surface area contributed by atoms with Gasteiger partial charge in [-0.1, -0.05) is 18.2 Å². The van der Waals surface area contributed by atoms with E-state index in [0.29, 0.717) is 5.75 Å². The molecular formula is C14H20N2O3. The van der Waals surface area contributed by atoms with E-state index < -0.39 is 6.04 Å². The largest absolute Gasteiger partial charge is 0.484 e. The minimum Gasteiger partial charge on any atom is -0.484 e. The van der Waals surface area contributed by atoms with E-state index in [1.54, 1.807) is 19.1 Å². The second kappa shape index (κ2) is 7.41. The zero-order valence-electron chi connectivity index (χ0n) is 11.5. The average molecular weight is 264 g/mol. The maximum Gasteiger partial charge on any atom is 0.258 e. The Kier molecular flexibility index (Phi) is 5.85. The summed E-state index contributed by atoms with van der Waals surface area (Å²) in [6, 6.07) is 8.52. The Labute approximate surface area is 113 Å². The Balaban J connectivity index is 2.33. The number of carbonyl (C=O) groups excluding carboxylic acids is 2. The molecule has 0 bridgehead atoms. The number of hydrogen-bond donors (Lipinski definition) is 2. The van der Waals surface area contributed by atoms with Crippen LogP contribution in [0.1, 0.15) is 20.8 Å². The van der Waals surface area contributed by atoms with Gasteiger partial charge in [0.15, 0.2) is 6.61 Å². The van der Waals surface area contributed by atoms with Crippen LogP contribution in [0.25, 0.3) is 0 Å².